The predicted octanol–water partition coefficient (Wildman–Crippen LogP) is 2.76. The molecule has 102 valence electrons. The van der Waals surface area contributed by atoms with E-state index >= 15 is 0 Å². The van der Waals surface area contributed by atoms with Crippen LogP contribution >= 0.6 is 11.6 Å². The van der Waals surface area contributed by atoms with Crippen molar-refractivity contribution in [3.05, 3.63) is 35.9 Å². The average molecular weight is 290 g/mol. The molecule has 0 bridgehead atoms. The first kappa shape index (κ1) is 15.5. The maximum atomic E-state index is 11.8. The number of hydrogen-bond acceptors (Lipinski definition) is 2. The molecule has 1 rings (SSSR count). The summed E-state index contributed by atoms with van der Waals surface area (Å²) in [6.07, 6.45) is 1.76. The summed E-state index contributed by atoms with van der Waals surface area (Å²) in [5, 5.41) is 0. The number of halogens is 1. The van der Waals surface area contributed by atoms with E-state index < -0.39 is 10.0 Å². The molecule has 3 nitrogen and oxygen atoms in total. The van der Waals surface area contributed by atoms with Crippen molar-refractivity contribution in [2.75, 3.05) is 12.4 Å². The number of nitrogens with one attached hydrogen (secondary N) is 1. The second-order valence-corrected chi connectivity index (χ2v) is 6.66. The van der Waals surface area contributed by atoms with E-state index in [1.807, 2.05) is 30.3 Å². The van der Waals surface area contributed by atoms with Crippen molar-refractivity contribution in [2.24, 2.45) is 5.92 Å². The molecule has 0 aromatic heterocycles. The summed E-state index contributed by atoms with van der Waals surface area (Å²) in [5.74, 6) is 1.10. The van der Waals surface area contributed by atoms with Crippen LogP contribution in [0, 0.1) is 5.92 Å². The molecule has 0 heterocycles. The molecule has 0 radical (unpaired) electrons. The highest BCUT2D eigenvalue weighted by Gasteiger charge is 2.10. The fourth-order valence-electron chi connectivity index (χ4n) is 1.60. The summed E-state index contributed by atoms with van der Waals surface area (Å²) in [7, 11) is -3.22. The first-order chi connectivity index (χ1) is 8.53. The van der Waals surface area contributed by atoms with Crippen molar-refractivity contribution in [3.8, 4) is 0 Å². The lowest BCUT2D eigenvalue weighted by Gasteiger charge is -2.09. The summed E-state index contributed by atoms with van der Waals surface area (Å²) < 4.78 is 26.2. The maximum absolute atomic E-state index is 11.8. The predicted molar refractivity (Wildman–Crippen MR) is 76.2 cm³/mol. The molecule has 1 aromatic rings. The molecular weight excluding hydrogens is 270 g/mol. The van der Waals surface area contributed by atoms with Crippen LogP contribution in [0.15, 0.2) is 30.3 Å². The minimum absolute atomic E-state index is 0.0406. The molecule has 18 heavy (non-hydrogen) atoms. The zero-order valence-corrected chi connectivity index (χ0v) is 12.2. The monoisotopic (exact) mass is 289 g/mol. The Balaban J connectivity index is 2.32. The Morgan fingerprint density at radius 2 is 1.94 bits per heavy atom. The number of sulfonamides is 1. The van der Waals surface area contributed by atoms with E-state index in [9.17, 15) is 8.42 Å². The Morgan fingerprint density at radius 1 is 1.28 bits per heavy atom. The van der Waals surface area contributed by atoms with Gasteiger partial charge < -0.3 is 0 Å². The third kappa shape index (κ3) is 6.38. The molecule has 0 fully saturated rings. The van der Waals surface area contributed by atoms with Gasteiger partial charge in [-0.15, -0.1) is 11.6 Å². The number of alkyl halides is 1. The third-order valence-electron chi connectivity index (χ3n) is 2.66. The van der Waals surface area contributed by atoms with Crippen LogP contribution in [-0.4, -0.2) is 20.8 Å². The zero-order chi connectivity index (χ0) is 13.4. The number of hydrogen-bond donors (Lipinski definition) is 1. The molecule has 1 unspecified atom stereocenters. The summed E-state index contributed by atoms with van der Waals surface area (Å²) in [4.78, 5) is 0. The van der Waals surface area contributed by atoms with Crippen LogP contribution < -0.4 is 4.72 Å². The summed E-state index contributed by atoms with van der Waals surface area (Å²) in [6, 6.07) is 9.18. The van der Waals surface area contributed by atoms with Crippen LogP contribution in [0.2, 0.25) is 0 Å². The lowest BCUT2D eigenvalue weighted by Crippen LogP contribution is -2.26. The second-order valence-electron chi connectivity index (χ2n) is 4.54. The molecule has 0 spiro atoms. The maximum Gasteiger partial charge on any atom is 0.215 e. The number of benzene rings is 1. The third-order valence-corrected chi connectivity index (χ3v) is 4.54. The molecule has 0 saturated heterocycles. The van der Waals surface area contributed by atoms with Crippen LogP contribution in [0.3, 0.4) is 0 Å². The molecule has 0 aliphatic rings. The molecule has 0 saturated carbocycles. The highest BCUT2D eigenvalue weighted by Crippen LogP contribution is 2.07. The highest BCUT2D eigenvalue weighted by atomic mass is 35.5. The molecule has 1 atom stereocenters. The van der Waals surface area contributed by atoms with Crippen LogP contribution in [0.5, 0.6) is 0 Å². The summed E-state index contributed by atoms with van der Waals surface area (Å²) in [5.41, 5.74) is 0.805. The topological polar surface area (TPSA) is 46.2 Å². The van der Waals surface area contributed by atoms with Gasteiger partial charge in [0.1, 0.15) is 0 Å². The smallest absolute Gasteiger partial charge is 0.215 e. The van der Waals surface area contributed by atoms with Gasteiger partial charge >= 0.3 is 0 Å². The van der Waals surface area contributed by atoms with Gasteiger partial charge in [0.25, 0.3) is 0 Å². The fraction of sp³-hybridized carbons (Fsp3) is 0.538. The molecule has 1 aromatic carbocycles. The summed E-state index contributed by atoms with van der Waals surface area (Å²) >= 11 is 5.69. The molecular formula is C13H20ClNO2S. The quantitative estimate of drug-likeness (QED) is 0.591. The first-order valence-electron chi connectivity index (χ1n) is 6.11. The number of rotatable bonds is 8. The average Bonchev–Trinajstić information content (AvgIpc) is 2.35. The van der Waals surface area contributed by atoms with Crippen molar-refractivity contribution in [2.45, 2.75) is 25.5 Å². The Bertz CT molecular complexity index is 434. The molecule has 0 aliphatic heterocycles. The van der Waals surface area contributed by atoms with Crippen molar-refractivity contribution in [1.82, 2.24) is 4.72 Å². The molecule has 5 heteroatoms. The standard InChI is InChI=1S/C13H20ClNO2S/c1-12(10-14)6-5-9-15-18(16,17)11-13-7-3-2-4-8-13/h2-4,7-8,12,15H,5-6,9-11H2,1H3. The van der Waals surface area contributed by atoms with Gasteiger partial charge in [-0.1, -0.05) is 37.3 Å². The van der Waals surface area contributed by atoms with E-state index in [2.05, 4.69) is 11.6 Å². The highest BCUT2D eigenvalue weighted by molar-refractivity contribution is 7.88. The summed E-state index contributed by atoms with van der Waals surface area (Å²) in [6.45, 7) is 2.54. The van der Waals surface area contributed by atoms with Gasteiger partial charge in [-0.05, 0) is 24.3 Å². The van der Waals surface area contributed by atoms with Crippen molar-refractivity contribution < 1.29 is 8.42 Å². The van der Waals surface area contributed by atoms with Gasteiger partial charge in [0, 0.05) is 12.4 Å². The normalized spacial score (nSPS) is 13.4. The molecule has 0 aliphatic carbocycles. The SMILES string of the molecule is CC(CCl)CCCNS(=O)(=O)Cc1ccccc1. The fourth-order valence-corrected chi connectivity index (χ4v) is 2.94. The van der Waals surface area contributed by atoms with Crippen LogP contribution in [0.25, 0.3) is 0 Å². The van der Waals surface area contributed by atoms with Crippen molar-refractivity contribution in [1.29, 1.82) is 0 Å². The molecule has 1 N–H and O–H groups in total. The molecule has 0 amide bonds. The van der Waals surface area contributed by atoms with Gasteiger partial charge in [0.2, 0.25) is 10.0 Å². The lowest BCUT2D eigenvalue weighted by molar-refractivity contribution is 0.543. The Hall–Kier alpha value is -0.580. The van der Waals surface area contributed by atoms with E-state index in [0.29, 0.717) is 18.3 Å². The lowest BCUT2D eigenvalue weighted by atomic mass is 10.1. The van der Waals surface area contributed by atoms with Crippen molar-refractivity contribution >= 4 is 21.6 Å². The second kappa shape index (κ2) is 7.77. The van der Waals surface area contributed by atoms with E-state index in [-0.39, 0.29) is 5.75 Å². The van der Waals surface area contributed by atoms with Crippen LogP contribution in [0.1, 0.15) is 25.3 Å². The van der Waals surface area contributed by atoms with E-state index in [4.69, 9.17) is 11.6 Å². The first-order valence-corrected chi connectivity index (χ1v) is 8.29. The van der Waals surface area contributed by atoms with Gasteiger partial charge in [-0.2, -0.15) is 0 Å². The van der Waals surface area contributed by atoms with Crippen molar-refractivity contribution in [3.63, 3.8) is 0 Å². The van der Waals surface area contributed by atoms with E-state index in [1.54, 1.807) is 0 Å². The zero-order valence-electron chi connectivity index (χ0n) is 10.6. The Kier molecular flexibility index (Phi) is 6.68. The van der Waals surface area contributed by atoms with E-state index in [0.717, 1.165) is 18.4 Å². The minimum Gasteiger partial charge on any atom is -0.215 e. The van der Waals surface area contributed by atoms with E-state index in [1.165, 1.54) is 0 Å². The van der Waals surface area contributed by atoms with Crippen LogP contribution in [0.4, 0.5) is 0 Å². The Labute approximate surface area is 115 Å². The largest absolute Gasteiger partial charge is 0.215 e. The van der Waals surface area contributed by atoms with Crippen LogP contribution in [-0.2, 0) is 15.8 Å². The minimum atomic E-state index is -3.22. The Morgan fingerprint density at radius 3 is 2.56 bits per heavy atom. The van der Waals surface area contributed by atoms with Gasteiger partial charge in [-0.25, -0.2) is 13.1 Å². The van der Waals surface area contributed by atoms with Gasteiger partial charge in [0.15, 0.2) is 0 Å². The van der Waals surface area contributed by atoms with Gasteiger partial charge in [-0.3, -0.25) is 0 Å². The van der Waals surface area contributed by atoms with Gasteiger partial charge in [0.05, 0.1) is 5.75 Å².